The second kappa shape index (κ2) is 7.72. The van der Waals surface area contributed by atoms with Crippen molar-refractivity contribution < 1.29 is 9.18 Å². The summed E-state index contributed by atoms with van der Waals surface area (Å²) in [6.07, 6.45) is 3.67. The lowest BCUT2D eigenvalue weighted by Crippen LogP contribution is -2.35. The largest absolute Gasteiger partial charge is 0.348 e. The minimum absolute atomic E-state index is 0.0967. The van der Waals surface area contributed by atoms with E-state index in [9.17, 15) is 9.18 Å². The number of halogens is 1. The summed E-state index contributed by atoms with van der Waals surface area (Å²) in [5, 5.41) is 2.98. The van der Waals surface area contributed by atoms with Crippen molar-refractivity contribution in [2.75, 3.05) is 29.4 Å². The van der Waals surface area contributed by atoms with Gasteiger partial charge in [0.1, 0.15) is 5.82 Å². The number of nitrogens with two attached hydrogens (primary N) is 1. The first-order valence-electron chi connectivity index (χ1n) is 8.13. The van der Waals surface area contributed by atoms with E-state index >= 15 is 0 Å². The normalized spacial score (nSPS) is 14.7. The molecule has 1 aliphatic rings. The molecule has 0 spiro atoms. The van der Waals surface area contributed by atoms with Crippen LogP contribution in [-0.2, 0) is 11.3 Å². The molecule has 24 heavy (non-hydrogen) atoms. The first-order chi connectivity index (χ1) is 11.7. The maximum atomic E-state index is 13.1. The average molecular weight is 348 g/mol. The summed E-state index contributed by atoms with van der Waals surface area (Å²) in [5.74, 6) is -0.547. The Morgan fingerprint density at radius 1 is 1.25 bits per heavy atom. The van der Waals surface area contributed by atoms with Crippen molar-refractivity contribution in [3.05, 3.63) is 41.2 Å². The van der Waals surface area contributed by atoms with Gasteiger partial charge in [0, 0.05) is 24.2 Å². The standard InChI is InChI=1S/C17H21FN4OS/c18-13-4-6-15(7-5-13)22(16(23)10-19)11-14-12-24-17(20-14)21-8-2-1-3-9-21/h4-7,12H,1-3,8-11,19H2. The smallest absolute Gasteiger partial charge is 0.241 e. The molecule has 1 fully saturated rings. The van der Waals surface area contributed by atoms with Crippen LogP contribution in [0.1, 0.15) is 25.0 Å². The first-order valence-corrected chi connectivity index (χ1v) is 9.00. The van der Waals surface area contributed by atoms with Gasteiger partial charge in [0.2, 0.25) is 5.91 Å². The minimum Gasteiger partial charge on any atom is -0.348 e. The Morgan fingerprint density at radius 3 is 2.62 bits per heavy atom. The van der Waals surface area contributed by atoms with Crippen molar-refractivity contribution in [1.29, 1.82) is 0 Å². The lowest BCUT2D eigenvalue weighted by molar-refractivity contribution is -0.117. The Labute approximate surface area is 144 Å². The van der Waals surface area contributed by atoms with Gasteiger partial charge in [-0.05, 0) is 43.5 Å². The Balaban J connectivity index is 1.76. The van der Waals surface area contributed by atoms with Crippen LogP contribution in [0.25, 0.3) is 0 Å². The van der Waals surface area contributed by atoms with Crippen LogP contribution in [0, 0.1) is 5.82 Å². The van der Waals surface area contributed by atoms with Gasteiger partial charge in [0.05, 0.1) is 18.8 Å². The number of nitrogens with zero attached hydrogens (tertiary/aromatic N) is 3. The molecule has 3 rings (SSSR count). The summed E-state index contributed by atoms with van der Waals surface area (Å²) in [6.45, 7) is 2.32. The summed E-state index contributed by atoms with van der Waals surface area (Å²) in [7, 11) is 0. The highest BCUT2D eigenvalue weighted by Gasteiger charge is 2.19. The van der Waals surface area contributed by atoms with E-state index < -0.39 is 0 Å². The summed E-state index contributed by atoms with van der Waals surface area (Å²) in [6, 6.07) is 5.85. The fourth-order valence-corrected chi connectivity index (χ4v) is 3.69. The maximum Gasteiger partial charge on any atom is 0.241 e. The number of carbonyl (C=O) groups excluding carboxylic acids is 1. The van der Waals surface area contributed by atoms with Gasteiger partial charge in [-0.1, -0.05) is 0 Å². The van der Waals surface area contributed by atoms with Crippen molar-refractivity contribution in [2.45, 2.75) is 25.8 Å². The van der Waals surface area contributed by atoms with Gasteiger partial charge in [-0.15, -0.1) is 11.3 Å². The predicted octanol–water partition coefficient (Wildman–Crippen LogP) is 2.76. The Morgan fingerprint density at radius 2 is 1.96 bits per heavy atom. The van der Waals surface area contributed by atoms with Gasteiger partial charge in [-0.25, -0.2) is 9.37 Å². The third-order valence-electron chi connectivity index (χ3n) is 4.10. The van der Waals surface area contributed by atoms with E-state index in [1.54, 1.807) is 28.4 Å². The molecule has 1 aromatic carbocycles. The van der Waals surface area contributed by atoms with E-state index in [1.807, 2.05) is 5.38 Å². The van der Waals surface area contributed by atoms with Crippen LogP contribution in [0.3, 0.4) is 0 Å². The molecule has 1 saturated heterocycles. The topological polar surface area (TPSA) is 62.5 Å². The Bertz CT molecular complexity index is 682. The summed E-state index contributed by atoms with van der Waals surface area (Å²) in [5.41, 5.74) is 6.97. The fraction of sp³-hybridized carbons (Fsp3) is 0.412. The van der Waals surface area contributed by atoms with Gasteiger partial charge in [-0.3, -0.25) is 4.79 Å². The Hall–Kier alpha value is -1.99. The van der Waals surface area contributed by atoms with E-state index in [1.165, 1.54) is 31.4 Å². The van der Waals surface area contributed by atoms with E-state index in [-0.39, 0.29) is 18.3 Å². The zero-order valence-electron chi connectivity index (χ0n) is 13.4. The number of benzene rings is 1. The van der Waals surface area contributed by atoms with Crippen molar-refractivity contribution in [3.8, 4) is 0 Å². The van der Waals surface area contributed by atoms with Gasteiger partial charge >= 0.3 is 0 Å². The van der Waals surface area contributed by atoms with Crippen LogP contribution in [0.2, 0.25) is 0 Å². The van der Waals surface area contributed by atoms with Gasteiger partial charge in [0.25, 0.3) is 0 Å². The summed E-state index contributed by atoms with van der Waals surface area (Å²) < 4.78 is 13.1. The zero-order chi connectivity index (χ0) is 16.9. The first kappa shape index (κ1) is 16.9. The SMILES string of the molecule is NCC(=O)N(Cc1csc(N2CCCCC2)n1)c1ccc(F)cc1. The Kier molecular flexibility index (Phi) is 5.42. The van der Waals surface area contributed by atoms with E-state index in [4.69, 9.17) is 5.73 Å². The number of piperidine rings is 1. The maximum absolute atomic E-state index is 13.1. The van der Waals surface area contributed by atoms with Crippen LogP contribution < -0.4 is 15.5 Å². The number of hydrogen-bond donors (Lipinski definition) is 1. The van der Waals surface area contributed by atoms with Gasteiger partial charge in [0.15, 0.2) is 5.13 Å². The van der Waals surface area contributed by atoms with Crippen LogP contribution in [0.4, 0.5) is 15.2 Å². The monoisotopic (exact) mass is 348 g/mol. The molecule has 0 atom stereocenters. The molecule has 2 N–H and O–H groups in total. The average Bonchev–Trinajstić information content (AvgIpc) is 3.09. The summed E-state index contributed by atoms with van der Waals surface area (Å²) in [4.78, 5) is 20.7. The lowest BCUT2D eigenvalue weighted by Gasteiger charge is -2.26. The lowest BCUT2D eigenvalue weighted by atomic mass is 10.1. The molecule has 0 saturated carbocycles. The van der Waals surface area contributed by atoms with Gasteiger partial charge in [-0.2, -0.15) is 0 Å². The second-order valence-electron chi connectivity index (χ2n) is 5.83. The molecule has 1 aromatic heterocycles. The van der Waals surface area contributed by atoms with Crippen molar-refractivity contribution in [3.63, 3.8) is 0 Å². The predicted molar refractivity (Wildman–Crippen MR) is 94.8 cm³/mol. The molecule has 1 aliphatic heterocycles. The summed E-state index contributed by atoms with van der Waals surface area (Å²) >= 11 is 1.60. The van der Waals surface area contributed by atoms with Crippen molar-refractivity contribution in [1.82, 2.24) is 4.98 Å². The molecule has 2 heterocycles. The van der Waals surface area contributed by atoms with Crippen molar-refractivity contribution in [2.24, 2.45) is 5.73 Å². The number of thiazole rings is 1. The third kappa shape index (κ3) is 3.91. The fourth-order valence-electron chi connectivity index (χ4n) is 2.82. The van der Waals surface area contributed by atoms with Gasteiger partial charge < -0.3 is 15.5 Å². The highest BCUT2D eigenvalue weighted by Crippen LogP contribution is 2.26. The number of amides is 1. The molecule has 7 heteroatoms. The quantitative estimate of drug-likeness (QED) is 0.902. The molecule has 0 aliphatic carbocycles. The molecule has 5 nitrogen and oxygen atoms in total. The molecule has 0 radical (unpaired) electrons. The minimum atomic E-state index is -0.333. The third-order valence-corrected chi connectivity index (χ3v) is 5.05. The molecule has 128 valence electrons. The van der Waals surface area contributed by atoms with Crippen molar-refractivity contribution >= 4 is 28.1 Å². The van der Waals surface area contributed by atoms with E-state index in [2.05, 4.69) is 9.88 Å². The molecule has 0 unspecified atom stereocenters. The molecule has 1 amide bonds. The number of carbonyl (C=O) groups is 1. The number of hydrogen-bond acceptors (Lipinski definition) is 5. The molecular weight excluding hydrogens is 327 g/mol. The molecule has 0 bridgehead atoms. The van der Waals surface area contributed by atoms with Crippen LogP contribution in [-0.4, -0.2) is 30.5 Å². The second-order valence-corrected chi connectivity index (χ2v) is 6.67. The zero-order valence-corrected chi connectivity index (χ0v) is 14.3. The number of anilines is 2. The number of rotatable bonds is 5. The number of aromatic nitrogens is 1. The van der Waals surface area contributed by atoms with E-state index in [0.717, 1.165) is 23.9 Å². The van der Waals surface area contributed by atoms with Crippen LogP contribution in [0.15, 0.2) is 29.6 Å². The van der Waals surface area contributed by atoms with E-state index in [0.29, 0.717) is 12.2 Å². The van der Waals surface area contributed by atoms with Crippen LogP contribution >= 0.6 is 11.3 Å². The highest BCUT2D eigenvalue weighted by molar-refractivity contribution is 7.13. The molecular formula is C17H21FN4OS. The van der Waals surface area contributed by atoms with Crippen LogP contribution in [0.5, 0.6) is 0 Å². The highest BCUT2D eigenvalue weighted by atomic mass is 32.1. The molecule has 2 aromatic rings.